The summed E-state index contributed by atoms with van der Waals surface area (Å²) >= 11 is 0. The van der Waals surface area contributed by atoms with Crippen LogP contribution in [0.4, 0.5) is 4.39 Å². The summed E-state index contributed by atoms with van der Waals surface area (Å²) in [5, 5.41) is 11.1. The molecule has 1 amide bonds. The van der Waals surface area contributed by atoms with Crippen molar-refractivity contribution in [2.75, 3.05) is 46.5 Å². The normalized spacial score (nSPS) is 21.2. The van der Waals surface area contributed by atoms with Crippen LogP contribution >= 0.6 is 0 Å². The molecule has 2 aliphatic rings. The number of nitrogens with zero attached hydrogens (tertiary/aromatic N) is 2. The third-order valence-electron chi connectivity index (χ3n) is 5.83. The highest BCUT2D eigenvalue weighted by atomic mass is 19.1. The number of hydrogen-bond acceptors (Lipinski definition) is 6. The smallest absolute Gasteiger partial charge is 0.295 e. The minimum atomic E-state index is -0.817. The predicted octanol–water partition coefficient (Wildman–Crippen LogP) is 2.59. The molecule has 0 bridgehead atoms. The van der Waals surface area contributed by atoms with E-state index < -0.39 is 23.5 Å². The maximum Gasteiger partial charge on any atom is 0.295 e. The van der Waals surface area contributed by atoms with Crippen LogP contribution in [0.5, 0.6) is 5.75 Å². The molecule has 0 aromatic heterocycles. The van der Waals surface area contributed by atoms with Crippen LogP contribution in [0.15, 0.2) is 54.1 Å². The van der Waals surface area contributed by atoms with Gasteiger partial charge < -0.3 is 19.5 Å². The molecule has 2 aromatic carbocycles. The molecule has 0 spiro atoms. The van der Waals surface area contributed by atoms with Crippen molar-refractivity contribution >= 4 is 17.4 Å². The largest absolute Gasteiger partial charge is 0.507 e. The van der Waals surface area contributed by atoms with Crippen LogP contribution in [0.3, 0.4) is 0 Å². The first-order chi connectivity index (χ1) is 15.5. The van der Waals surface area contributed by atoms with Gasteiger partial charge in [-0.15, -0.1) is 0 Å². The molecule has 0 radical (unpaired) electrons. The lowest BCUT2D eigenvalue weighted by Gasteiger charge is -2.31. The number of ketones is 1. The van der Waals surface area contributed by atoms with Crippen molar-refractivity contribution in [3.05, 3.63) is 71.0 Å². The number of amides is 1. The lowest BCUT2D eigenvalue weighted by Crippen LogP contribution is -2.42. The van der Waals surface area contributed by atoms with Crippen molar-refractivity contribution in [1.82, 2.24) is 9.80 Å². The van der Waals surface area contributed by atoms with E-state index in [1.807, 2.05) is 0 Å². The molecule has 0 aliphatic carbocycles. The fourth-order valence-corrected chi connectivity index (χ4v) is 4.10. The van der Waals surface area contributed by atoms with E-state index in [1.54, 1.807) is 24.3 Å². The summed E-state index contributed by atoms with van der Waals surface area (Å²) in [6.45, 7) is 3.59. The fourth-order valence-electron chi connectivity index (χ4n) is 4.10. The Morgan fingerprint density at radius 1 is 1.12 bits per heavy atom. The van der Waals surface area contributed by atoms with Crippen molar-refractivity contribution in [3.8, 4) is 5.75 Å². The van der Waals surface area contributed by atoms with Crippen LogP contribution in [0.25, 0.3) is 5.76 Å². The molecule has 2 aliphatic heterocycles. The van der Waals surface area contributed by atoms with Gasteiger partial charge in [-0.1, -0.05) is 24.3 Å². The van der Waals surface area contributed by atoms with Gasteiger partial charge in [0.1, 0.15) is 17.3 Å². The van der Waals surface area contributed by atoms with Gasteiger partial charge in [0.2, 0.25) is 0 Å². The van der Waals surface area contributed by atoms with Gasteiger partial charge >= 0.3 is 0 Å². The van der Waals surface area contributed by atoms with Gasteiger partial charge in [0.05, 0.1) is 31.9 Å². The number of morpholine rings is 1. The summed E-state index contributed by atoms with van der Waals surface area (Å²) in [6.07, 6.45) is 0. The first kappa shape index (κ1) is 22.0. The Kier molecular flexibility index (Phi) is 6.53. The van der Waals surface area contributed by atoms with E-state index in [4.69, 9.17) is 9.47 Å². The van der Waals surface area contributed by atoms with E-state index in [9.17, 15) is 19.1 Å². The quantitative estimate of drug-likeness (QED) is 0.423. The van der Waals surface area contributed by atoms with Gasteiger partial charge in [-0.05, 0) is 29.8 Å². The Bertz CT molecular complexity index is 1030. The van der Waals surface area contributed by atoms with Crippen LogP contribution in [0.2, 0.25) is 0 Å². The van der Waals surface area contributed by atoms with Crippen LogP contribution in [0, 0.1) is 5.82 Å². The van der Waals surface area contributed by atoms with Crippen molar-refractivity contribution in [3.63, 3.8) is 0 Å². The molecule has 1 unspecified atom stereocenters. The average molecular weight is 440 g/mol. The van der Waals surface area contributed by atoms with Gasteiger partial charge in [0.15, 0.2) is 0 Å². The van der Waals surface area contributed by atoms with E-state index in [0.29, 0.717) is 43.2 Å². The second-order valence-corrected chi connectivity index (χ2v) is 7.73. The number of aliphatic hydroxyl groups excluding tert-OH is 1. The van der Waals surface area contributed by atoms with Crippen LogP contribution in [0.1, 0.15) is 17.2 Å². The summed E-state index contributed by atoms with van der Waals surface area (Å²) in [6, 6.07) is 11.5. The molecular weight excluding hydrogens is 415 g/mol. The highest BCUT2D eigenvalue weighted by Gasteiger charge is 2.46. The zero-order valence-electron chi connectivity index (χ0n) is 17.8. The molecular formula is C24H25FN2O5. The lowest BCUT2D eigenvalue weighted by atomic mass is 9.95. The molecule has 7 nitrogen and oxygen atoms in total. The molecule has 168 valence electrons. The standard InChI is InChI=1S/C24H25FN2O5/c1-31-19-4-2-3-17(15-19)22(28)20-21(16-5-7-18(25)8-6-16)27(24(30)23(20)29)10-9-26-11-13-32-14-12-26/h2-8,15,21,28H,9-14H2,1H3. The summed E-state index contributed by atoms with van der Waals surface area (Å²) in [5.74, 6) is -1.65. The fraction of sp³-hybridized carbons (Fsp3) is 0.333. The number of carbonyl (C=O) groups is 2. The molecule has 2 fully saturated rings. The zero-order valence-corrected chi connectivity index (χ0v) is 17.8. The molecule has 4 rings (SSSR count). The third-order valence-corrected chi connectivity index (χ3v) is 5.83. The molecule has 2 aromatic rings. The number of Topliss-reactive ketones (excluding diaryl/α,β-unsaturated/α-hetero) is 1. The van der Waals surface area contributed by atoms with E-state index in [2.05, 4.69) is 4.90 Å². The van der Waals surface area contributed by atoms with Crippen molar-refractivity contribution < 1.29 is 28.6 Å². The summed E-state index contributed by atoms with van der Waals surface area (Å²) in [7, 11) is 1.50. The highest BCUT2D eigenvalue weighted by molar-refractivity contribution is 6.46. The van der Waals surface area contributed by atoms with Gasteiger partial charge in [-0.25, -0.2) is 4.39 Å². The Labute approximate surface area is 185 Å². The molecule has 1 N–H and O–H groups in total. The Morgan fingerprint density at radius 2 is 1.84 bits per heavy atom. The maximum absolute atomic E-state index is 13.6. The minimum absolute atomic E-state index is 0.0168. The lowest BCUT2D eigenvalue weighted by molar-refractivity contribution is -0.140. The predicted molar refractivity (Wildman–Crippen MR) is 116 cm³/mol. The number of likely N-dealkylation sites (tertiary alicyclic amines) is 1. The van der Waals surface area contributed by atoms with Gasteiger partial charge in [-0.3, -0.25) is 14.5 Å². The molecule has 1 atom stereocenters. The van der Waals surface area contributed by atoms with Gasteiger partial charge in [0.25, 0.3) is 11.7 Å². The summed E-state index contributed by atoms with van der Waals surface area (Å²) < 4.78 is 24.2. The second kappa shape index (κ2) is 9.50. The number of methoxy groups -OCH3 is 1. The molecule has 2 heterocycles. The number of hydrogen-bond donors (Lipinski definition) is 1. The highest BCUT2D eigenvalue weighted by Crippen LogP contribution is 2.39. The van der Waals surface area contributed by atoms with E-state index in [-0.39, 0.29) is 11.3 Å². The van der Waals surface area contributed by atoms with Crippen molar-refractivity contribution in [1.29, 1.82) is 0 Å². The SMILES string of the molecule is COc1cccc(C(O)=C2C(=O)C(=O)N(CCN3CCOCC3)C2c2ccc(F)cc2)c1. The number of aliphatic hydroxyl groups is 1. The topological polar surface area (TPSA) is 79.3 Å². The first-order valence-electron chi connectivity index (χ1n) is 10.5. The number of halogens is 1. The van der Waals surface area contributed by atoms with Gasteiger partial charge in [-0.2, -0.15) is 0 Å². The maximum atomic E-state index is 13.6. The monoisotopic (exact) mass is 440 g/mol. The average Bonchev–Trinajstić information content (AvgIpc) is 3.08. The minimum Gasteiger partial charge on any atom is -0.507 e. The Hall–Kier alpha value is -3.23. The molecule has 0 saturated carbocycles. The third kappa shape index (κ3) is 4.37. The van der Waals surface area contributed by atoms with E-state index in [1.165, 1.54) is 36.3 Å². The number of benzene rings is 2. The summed E-state index contributed by atoms with van der Waals surface area (Å²) in [5.41, 5.74) is 0.900. The number of rotatable bonds is 6. The Balaban J connectivity index is 1.73. The molecule has 32 heavy (non-hydrogen) atoms. The number of ether oxygens (including phenoxy) is 2. The molecule has 8 heteroatoms. The van der Waals surface area contributed by atoms with E-state index in [0.717, 1.165) is 13.1 Å². The number of carbonyl (C=O) groups excluding carboxylic acids is 2. The Morgan fingerprint density at radius 3 is 2.53 bits per heavy atom. The van der Waals surface area contributed by atoms with Crippen LogP contribution in [-0.4, -0.2) is 73.1 Å². The summed E-state index contributed by atoms with van der Waals surface area (Å²) in [4.78, 5) is 29.6. The van der Waals surface area contributed by atoms with Gasteiger partial charge in [0, 0.05) is 31.7 Å². The van der Waals surface area contributed by atoms with Crippen LogP contribution < -0.4 is 4.74 Å². The van der Waals surface area contributed by atoms with E-state index >= 15 is 0 Å². The zero-order chi connectivity index (χ0) is 22.7. The first-order valence-corrected chi connectivity index (χ1v) is 10.5. The molecule has 2 saturated heterocycles. The second-order valence-electron chi connectivity index (χ2n) is 7.73. The van der Waals surface area contributed by atoms with Crippen molar-refractivity contribution in [2.24, 2.45) is 0 Å². The van der Waals surface area contributed by atoms with Crippen LogP contribution in [-0.2, 0) is 14.3 Å². The van der Waals surface area contributed by atoms with Crippen molar-refractivity contribution in [2.45, 2.75) is 6.04 Å².